The molecule has 1 aromatic carbocycles. The third-order valence-electron chi connectivity index (χ3n) is 7.67. The highest BCUT2D eigenvalue weighted by atomic mass is 16.5. The largest absolute Gasteiger partial charge is 0.457 e. The number of hydrogen-bond acceptors (Lipinski definition) is 8. The summed E-state index contributed by atoms with van der Waals surface area (Å²) in [6, 6.07) is 3.67. The maximum absolute atomic E-state index is 11.8. The number of hydrogen-bond donors (Lipinski definition) is 1. The number of ether oxygens (including phenoxy) is 1. The van der Waals surface area contributed by atoms with E-state index in [2.05, 4.69) is 25.0 Å². The van der Waals surface area contributed by atoms with Gasteiger partial charge in [-0.2, -0.15) is 0 Å². The summed E-state index contributed by atoms with van der Waals surface area (Å²) in [5, 5.41) is 19.4. The molecule has 33 heavy (non-hydrogen) atoms. The van der Waals surface area contributed by atoms with Gasteiger partial charge in [-0.1, -0.05) is 6.07 Å². The Morgan fingerprint density at radius 3 is 3.06 bits per heavy atom. The van der Waals surface area contributed by atoms with Crippen molar-refractivity contribution in [1.29, 1.82) is 0 Å². The zero-order valence-corrected chi connectivity index (χ0v) is 18.8. The predicted molar refractivity (Wildman–Crippen MR) is 121 cm³/mol. The number of esters is 1. The fourth-order valence-corrected chi connectivity index (χ4v) is 5.95. The number of likely N-dealkylation sites (tertiary alicyclic amines) is 1. The molecular weight excluding hydrogens is 420 g/mol. The van der Waals surface area contributed by atoms with Crippen LogP contribution in [0.1, 0.15) is 52.4 Å². The molecule has 172 valence electrons. The van der Waals surface area contributed by atoms with Crippen molar-refractivity contribution in [1.82, 2.24) is 24.5 Å². The average Bonchev–Trinajstić information content (AvgIpc) is 3.54. The Morgan fingerprint density at radius 2 is 2.15 bits per heavy atom. The number of benzene rings is 1. The first-order valence-corrected chi connectivity index (χ1v) is 11.6. The third-order valence-corrected chi connectivity index (χ3v) is 7.67. The van der Waals surface area contributed by atoms with E-state index in [0.29, 0.717) is 18.7 Å². The lowest BCUT2D eigenvalue weighted by atomic mass is 9.79. The summed E-state index contributed by atoms with van der Waals surface area (Å²) in [4.78, 5) is 21.2. The summed E-state index contributed by atoms with van der Waals surface area (Å²) in [6.07, 6.45) is 8.21. The monoisotopic (exact) mass is 448 g/mol. The van der Waals surface area contributed by atoms with Crippen molar-refractivity contribution in [2.45, 2.75) is 38.9 Å². The SMILES string of the molecule is Cc1c([C@@H](O)CN2CCC3(CCCN(c4nccn5cnnc45)C3)C2)ccc2c1COC2=O. The number of piperidine rings is 1. The molecule has 5 heterocycles. The molecule has 9 nitrogen and oxygen atoms in total. The Hall–Kier alpha value is -3.04. The minimum Gasteiger partial charge on any atom is -0.457 e. The minimum atomic E-state index is -0.591. The standard InChI is InChI=1S/C24H28N6O3/c1-16-17(3-4-18-19(16)12-33-23(18)32)20(31)11-28-9-6-24(13-28)5-2-8-29(14-24)21-22-27-26-15-30(22)10-7-25-21/h3-4,7,10,15,20,31H,2,5-6,8-9,11-14H2,1H3/t20-,24?/m0/s1. The highest BCUT2D eigenvalue weighted by Crippen LogP contribution is 2.41. The van der Waals surface area contributed by atoms with E-state index in [4.69, 9.17) is 4.74 Å². The van der Waals surface area contributed by atoms with Gasteiger partial charge in [0, 0.05) is 49.6 Å². The molecule has 0 amide bonds. The second kappa shape index (κ2) is 7.78. The Morgan fingerprint density at radius 1 is 1.24 bits per heavy atom. The van der Waals surface area contributed by atoms with E-state index in [9.17, 15) is 9.90 Å². The molecule has 3 aliphatic heterocycles. The van der Waals surface area contributed by atoms with Gasteiger partial charge in [0.1, 0.15) is 12.9 Å². The average molecular weight is 449 g/mol. The molecule has 0 aliphatic carbocycles. The Balaban J connectivity index is 1.16. The van der Waals surface area contributed by atoms with Gasteiger partial charge in [-0.15, -0.1) is 10.2 Å². The first kappa shape index (κ1) is 20.6. The third kappa shape index (κ3) is 3.46. The van der Waals surface area contributed by atoms with Crippen LogP contribution in [-0.2, 0) is 11.3 Å². The maximum Gasteiger partial charge on any atom is 0.338 e. The van der Waals surface area contributed by atoms with Crippen LogP contribution in [0.4, 0.5) is 5.82 Å². The van der Waals surface area contributed by atoms with E-state index in [0.717, 1.165) is 67.2 Å². The number of carbonyl (C=O) groups is 1. The van der Waals surface area contributed by atoms with Crippen molar-refractivity contribution < 1.29 is 14.6 Å². The van der Waals surface area contributed by atoms with Crippen molar-refractivity contribution >= 4 is 17.4 Å². The summed E-state index contributed by atoms with van der Waals surface area (Å²) in [6.45, 7) is 6.71. The van der Waals surface area contributed by atoms with Crippen molar-refractivity contribution in [2.75, 3.05) is 37.6 Å². The highest BCUT2D eigenvalue weighted by Gasteiger charge is 2.42. The lowest BCUT2D eigenvalue weighted by Gasteiger charge is -2.41. The molecule has 0 radical (unpaired) electrons. The van der Waals surface area contributed by atoms with Gasteiger partial charge in [0.25, 0.3) is 0 Å². The van der Waals surface area contributed by atoms with Crippen molar-refractivity contribution in [3.63, 3.8) is 0 Å². The van der Waals surface area contributed by atoms with E-state index in [1.54, 1.807) is 12.4 Å². The molecule has 2 atom stereocenters. The fraction of sp³-hybridized carbons (Fsp3) is 0.500. The van der Waals surface area contributed by atoms with Crippen molar-refractivity contribution in [3.8, 4) is 0 Å². The van der Waals surface area contributed by atoms with Crippen LogP contribution >= 0.6 is 0 Å². The van der Waals surface area contributed by atoms with Gasteiger partial charge < -0.3 is 14.7 Å². The van der Waals surface area contributed by atoms with Crippen LogP contribution in [0.2, 0.25) is 0 Å². The lowest BCUT2D eigenvalue weighted by molar-refractivity contribution is 0.0535. The number of fused-ring (bicyclic) bond motifs is 2. The molecule has 3 aliphatic rings. The number of rotatable bonds is 4. The highest BCUT2D eigenvalue weighted by molar-refractivity contribution is 5.93. The summed E-state index contributed by atoms with van der Waals surface area (Å²) in [5.41, 5.74) is 4.39. The van der Waals surface area contributed by atoms with Gasteiger partial charge in [0.05, 0.1) is 11.7 Å². The van der Waals surface area contributed by atoms with Gasteiger partial charge in [-0.05, 0) is 49.9 Å². The van der Waals surface area contributed by atoms with Crippen LogP contribution in [0.25, 0.3) is 5.65 Å². The van der Waals surface area contributed by atoms with Gasteiger partial charge in [0.15, 0.2) is 5.82 Å². The molecule has 0 saturated carbocycles. The lowest BCUT2D eigenvalue weighted by Crippen LogP contribution is -2.45. The van der Waals surface area contributed by atoms with Crippen LogP contribution in [0.5, 0.6) is 0 Å². The van der Waals surface area contributed by atoms with E-state index >= 15 is 0 Å². The van der Waals surface area contributed by atoms with E-state index in [1.165, 1.54) is 6.42 Å². The number of anilines is 1. The molecular formula is C24H28N6O3. The van der Waals surface area contributed by atoms with Crippen molar-refractivity contribution in [2.24, 2.45) is 5.41 Å². The van der Waals surface area contributed by atoms with Gasteiger partial charge in [-0.25, -0.2) is 9.78 Å². The molecule has 2 aromatic heterocycles. The Kier molecular flexibility index (Phi) is 4.84. The molecule has 1 N–H and O–H groups in total. The zero-order valence-electron chi connectivity index (χ0n) is 18.8. The first-order chi connectivity index (χ1) is 16.0. The number of nitrogens with zero attached hydrogens (tertiary/aromatic N) is 6. The van der Waals surface area contributed by atoms with Crippen LogP contribution in [0, 0.1) is 12.3 Å². The molecule has 0 bridgehead atoms. The van der Waals surface area contributed by atoms with E-state index in [1.807, 2.05) is 29.8 Å². The van der Waals surface area contributed by atoms with Crippen LogP contribution in [0.3, 0.4) is 0 Å². The molecule has 6 rings (SSSR count). The quantitative estimate of drug-likeness (QED) is 0.607. The van der Waals surface area contributed by atoms with E-state index < -0.39 is 6.10 Å². The number of β-amino-alcohol motifs (C(OH)–C–C–N with tert-alkyl or cyclic N) is 1. The van der Waals surface area contributed by atoms with Crippen LogP contribution in [-0.4, -0.2) is 68.3 Å². The zero-order chi connectivity index (χ0) is 22.6. The minimum absolute atomic E-state index is 0.194. The smallest absolute Gasteiger partial charge is 0.338 e. The molecule has 1 unspecified atom stereocenters. The Bertz CT molecular complexity index is 1230. The molecule has 2 fully saturated rings. The van der Waals surface area contributed by atoms with Gasteiger partial charge >= 0.3 is 5.97 Å². The van der Waals surface area contributed by atoms with Crippen molar-refractivity contribution in [3.05, 3.63) is 53.1 Å². The topological polar surface area (TPSA) is 96.1 Å². The number of aliphatic hydroxyl groups excluding tert-OH is 1. The molecule has 2 saturated heterocycles. The number of aromatic nitrogens is 4. The van der Waals surface area contributed by atoms with E-state index in [-0.39, 0.29) is 11.4 Å². The van der Waals surface area contributed by atoms with Crippen LogP contribution < -0.4 is 4.90 Å². The molecule has 9 heteroatoms. The van der Waals surface area contributed by atoms with Gasteiger partial charge in [-0.3, -0.25) is 9.30 Å². The fourth-order valence-electron chi connectivity index (χ4n) is 5.95. The number of carbonyl (C=O) groups excluding carboxylic acids is 1. The number of cyclic esters (lactones) is 1. The molecule has 3 aromatic rings. The Labute approximate surface area is 192 Å². The second-order valence-corrected chi connectivity index (χ2v) is 9.72. The first-order valence-electron chi connectivity index (χ1n) is 11.6. The summed E-state index contributed by atoms with van der Waals surface area (Å²) >= 11 is 0. The summed E-state index contributed by atoms with van der Waals surface area (Å²) in [5.74, 6) is 0.631. The predicted octanol–water partition coefficient (Wildman–Crippen LogP) is 2.13. The second-order valence-electron chi connectivity index (χ2n) is 9.72. The summed E-state index contributed by atoms with van der Waals surface area (Å²) < 4.78 is 7.08. The normalized spacial score (nSPS) is 23.9. The van der Waals surface area contributed by atoms with Gasteiger partial charge in [0.2, 0.25) is 5.65 Å². The summed E-state index contributed by atoms with van der Waals surface area (Å²) in [7, 11) is 0. The molecule has 1 spiro atoms. The number of aliphatic hydroxyl groups is 1. The van der Waals surface area contributed by atoms with Crippen LogP contribution in [0.15, 0.2) is 30.9 Å². The maximum atomic E-state index is 11.8.